The predicted octanol–water partition coefficient (Wildman–Crippen LogP) is 9.22. The first kappa shape index (κ1) is 26.6. The Morgan fingerprint density at radius 3 is 2.07 bits per heavy atom. The normalized spacial score (nSPS) is 16.3. The maximum atomic E-state index is 8.84. The summed E-state index contributed by atoms with van der Waals surface area (Å²) in [5, 5.41) is 8.84. The molecule has 0 saturated carbocycles. The summed E-state index contributed by atoms with van der Waals surface area (Å²) in [6, 6.07) is 0. The minimum atomic E-state index is 0.317. The second-order valence-electron chi connectivity index (χ2n) is 8.24. The van der Waals surface area contributed by atoms with Gasteiger partial charge in [-0.25, -0.2) is 0 Å². The molecule has 0 spiro atoms. The van der Waals surface area contributed by atoms with E-state index in [9.17, 15) is 0 Å². The van der Waals surface area contributed by atoms with Crippen LogP contribution in [0.2, 0.25) is 0 Å². The molecule has 1 nitrogen and oxygen atoms in total. The van der Waals surface area contributed by atoms with Gasteiger partial charge in [0.1, 0.15) is 0 Å². The molecule has 0 aliphatic carbocycles. The predicted molar refractivity (Wildman–Crippen MR) is 129 cm³/mol. The molecule has 0 bridgehead atoms. The summed E-state index contributed by atoms with van der Waals surface area (Å²) in [5.41, 5.74) is 6.78. The number of allylic oxidation sites excluding steroid dienone is 8. The van der Waals surface area contributed by atoms with Gasteiger partial charge < -0.3 is 5.41 Å². The van der Waals surface area contributed by atoms with Crippen molar-refractivity contribution in [2.75, 3.05) is 0 Å². The molecule has 0 rings (SSSR count). The summed E-state index contributed by atoms with van der Waals surface area (Å²) in [6.07, 6.45) is 17.9. The Bertz CT molecular complexity index is 571. The molecule has 28 heavy (non-hydrogen) atoms. The largest absolute Gasteiger partial charge is 0.309 e. The van der Waals surface area contributed by atoms with Crippen LogP contribution in [0.5, 0.6) is 0 Å². The highest BCUT2D eigenvalue weighted by atomic mass is 14.5. The van der Waals surface area contributed by atoms with Crippen molar-refractivity contribution < 1.29 is 0 Å². The molecule has 0 aromatic heterocycles. The van der Waals surface area contributed by atoms with Crippen LogP contribution in [0.25, 0.3) is 0 Å². The van der Waals surface area contributed by atoms with Gasteiger partial charge in [0.15, 0.2) is 0 Å². The van der Waals surface area contributed by atoms with E-state index in [4.69, 9.17) is 5.41 Å². The van der Waals surface area contributed by atoms with Gasteiger partial charge in [-0.2, -0.15) is 0 Å². The highest BCUT2D eigenvalue weighted by Crippen LogP contribution is 2.28. The molecule has 1 heteroatoms. The molecule has 0 aromatic rings. The topological polar surface area (TPSA) is 23.9 Å². The van der Waals surface area contributed by atoms with Crippen molar-refractivity contribution in [3.8, 4) is 0 Å². The van der Waals surface area contributed by atoms with E-state index in [-0.39, 0.29) is 0 Å². The molecule has 1 N–H and O–H groups in total. The van der Waals surface area contributed by atoms with Crippen LogP contribution >= 0.6 is 0 Å². The van der Waals surface area contributed by atoms with Gasteiger partial charge >= 0.3 is 0 Å². The minimum Gasteiger partial charge on any atom is -0.309 e. The molecule has 0 aliphatic heterocycles. The van der Waals surface area contributed by atoms with Gasteiger partial charge in [0.05, 0.1) is 0 Å². The third kappa shape index (κ3) is 10.2. The first-order valence-corrected chi connectivity index (χ1v) is 11.6. The summed E-state index contributed by atoms with van der Waals surface area (Å²) in [7, 11) is 0. The highest BCUT2D eigenvalue weighted by molar-refractivity contribution is 5.86. The first-order valence-electron chi connectivity index (χ1n) is 11.6. The van der Waals surface area contributed by atoms with Gasteiger partial charge in [-0.3, -0.25) is 0 Å². The van der Waals surface area contributed by atoms with Crippen molar-refractivity contribution in [2.45, 2.75) is 107 Å². The van der Waals surface area contributed by atoms with Crippen LogP contribution in [0.1, 0.15) is 107 Å². The summed E-state index contributed by atoms with van der Waals surface area (Å²) in [5.74, 6) is 0.695. The zero-order chi connectivity index (χ0) is 21.5. The highest BCUT2D eigenvalue weighted by Gasteiger charge is 2.20. The van der Waals surface area contributed by atoms with Crippen LogP contribution in [0.15, 0.2) is 46.6 Å². The maximum absolute atomic E-state index is 8.84. The Morgan fingerprint density at radius 2 is 1.54 bits per heavy atom. The van der Waals surface area contributed by atoms with Crippen molar-refractivity contribution in [1.82, 2.24) is 0 Å². The number of hydrogen-bond donors (Lipinski definition) is 1. The molecule has 0 amide bonds. The van der Waals surface area contributed by atoms with E-state index in [1.54, 1.807) is 5.57 Å². The van der Waals surface area contributed by atoms with E-state index in [0.29, 0.717) is 11.8 Å². The van der Waals surface area contributed by atoms with E-state index in [1.807, 2.05) is 0 Å². The molecule has 160 valence electrons. The lowest BCUT2D eigenvalue weighted by Crippen LogP contribution is -2.21. The van der Waals surface area contributed by atoms with Gasteiger partial charge in [-0.15, -0.1) is 0 Å². The fourth-order valence-corrected chi connectivity index (χ4v) is 3.56. The zero-order valence-electron chi connectivity index (χ0n) is 20.1. The molecule has 0 aromatic carbocycles. The summed E-state index contributed by atoms with van der Waals surface area (Å²) in [4.78, 5) is 0. The van der Waals surface area contributed by atoms with Crippen LogP contribution in [-0.2, 0) is 0 Å². The fourth-order valence-electron chi connectivity index (χ4n) is 3.56. The van der Waals surface area contributed by atoms with Crippen LogP contribution in [-0.4, -0.2) is 5.71 Å². The van der Waals surface area contributed by atoms with Crippen molar-refractivity contribution in [2.24, 2.45) is 11.8 Å². The monoisotopic (exact) mass is 385 g/mol. The van der Waals surface area contributed by atoms with Crippen LogP contribution in [0, 0.1) is 17.2 Å². The molecule has 0 heterocycles. The lowest BCUT2D eigenvalue weighted by Gasteiger charge is -2.23. The molecule has 0 saturated heterocycles. The van der Waals surface area contributed by atoms with E-state index >= 15 is 0 Å². The Hall–Kier alpha value is -1.37. The van der Waals surface area contributed by atoms with Crippen molar-refractivity contribution in [3.63, 3.8) is 0 Å². The van der Waals surface area contributed by atoms with E-state index < -0.39 is 0 Å². The lowest BCUT2D eigenvalue weighted by atomic mass is 9.82. The number of hydrogen-bond acceptors (Lipinski definition) is 1. The van der Waals surface area contributed by atoms with Gasteiger partial charge in [0.2, 0.25) is 0 Å². The van der Waals surface area contributed by atoms with Gasteiger partial charge in [-0.05, 0) is 78.1 Å². The minimum absolute atomic E-state index is 0.317. The van der Waals surface area contributed by atoms with Crippen molar-refractivity contribution in [3.05, 3.63) is 46.6 Å². The summed E-state index contributed by atoms with van der Waals surface area (Å²) in [6.45, 7) is 17.8. The van der Waals surface area contributed by atoms with Gasteiger partial charge in [0, 0.05) is 11.6 Å². The van der Waals surface area contributed by atoms with E-state index in [0.717, 1.165) is 57.1 Å². The third-order valence-electron chi connectivity index (χ3n) is 6.02. The molecule has 0 fully saturated rings. The second-order valence-corrected chi connectivity index (χ2v) is 8.24. The van der Waals surface area contributed by atoms with Crippen LogP contribution in [0.3, 0.4) is 0 Å². The van der Waals surface area contributed by atoms with E-state index in [1.165, 1.54) is 16.7 Å². The third-order valence-corrected chi connectivity index (χ3v) is 6.02. The fraction of sp³-hybridized carbons (Fsp3) is 0.667. The number of nitrogens with one attached hydrogen (secondary N) is 1. The summed E-state index contributed by atoms with van der Waals surface area (Å²) >= 11 is 0. The molecular formula is C27H47N. The van der Waals surface area contributed by atoms with Crippen molar-refractivity contribution in [1.29, 1.82) is 5.41 Å². The average Bonchev–Trinajstić information content (AvgIpc) is 2.70. The van der Waals surface area contributed by atoms with Crippen molar-refractivity contribution >= 4 is 5.71 Å². The second kappa shape index (κ2) is 15.5. The molecule has 2 unspecified atom stereocenters. The molecular weight excluding hydrogens is 338 g/mol. The Labute approximate surface area is 176 Å². The molecule has 0 aliphatic rings. The maximum Gasteiger partial charge on any atom is 0.0154 e. The van der Waals surface area contributed by atoms with Gasteiger partial charge in [0.25, 0.3) is 0 Å². The average molecular weight is 386 g/mol. The zero-order valence-corrected chi connectivity index (χ0v) is 20.1. The molecule has 0 radical (unpaired) electrons. The van der Waals surface area contributed by atoms with Crippen LogP contribution < -0.4 is 0 Å². The standard InChI is InChI=1S/C27H47N/c1-9-13-14-15-17-26(21(5)11-3)20-25(12-4)27(28)24(8)19-18-23(7)22(6)16-10-2/h13-14,16,18,24-25,28H,9-12,15,17,19-20H2,1-8H3. The van der Waals surface area contributed by atoms with Crippen LogP contribution in [0.4, 0.5) is 0 Å². The first-order chi connectivity index (χ1) is 13.3. The Morgan fingerprint density at radius 1 is 0.893 bits per heavy atom. The van der Waals surface area contributed by atoms with Gasteiger partial charge in [-0.1, -0.05) is 81.2 Å². The lowest BCUT2D eigenvalue weighted by molar-refractivity contribution is 0.589. The SMILES string of the molecule is CCC=CCCC(CC(CC)C(=N)C(C)CC=C(C)C(C)=CCC)=C(C)CC. The summed E-state index contributed by atoms with van der Waals surface area (Å²) < 4.78 is 0. The van der Waals surface area contributed by atoms with E-state index in [2.05, 4.69) is 79.7 Å². The quantitative estimate of drug-likeness (QED) is 0.175. The number of rotatable bonds is 14. The Balaban J connectivity index is 5.09. The Kier molecular flexibility index (Phi) is 14.8. The molecule has 2 atom stereocenters. The smallest absolute Gasteiger partial charge is 0.0154 e.